The molecular formula is C15H17N3O2S. The van der Waals surface area contributed by atoms with Gasteiger partial charge in [0.2, 0.25) is 5.88 Å². The van der Waals surface area contributed by atoms with Gasteiger partial charge in [0.25, 0.3) is 0 Å². The van der Waals surface area contributed by atoms with Crippen LogP contribution in [0.4, 0.5) is 10.5 Å². The zero-order chi connectivity index (χ0) is 14.7. The van der Waals surface area contributed by atoms with Crippen molar-refractivity contribution >= 4 is 23.1 Å². The van der Waals surface area contributed by atoms with E-state index in [1.165, 1.54) is 10.4 Å². The van der Waals surface area contributed by atoms with Crippen molar-refractivity contribution < 1.29 is 9.53 Å². The molecule has 0 fully saturated rings. The first kappa shape index (κ1) is 13.9. The van der Waals surface area contributed by atoms with Crippen molar-refractivity contribution in [3.63, 3.8) is 0 Å². The molecule has 0 radical (unpaired) electrons. The first-order valence-electron chi connectivity index (χ1n) is 6.97. The molecule has 2 aromatic rings. The number of rotatable bonds is 3. The summed E-state index contributed by atoms with van der Waals surface area (Å²) in [6.45, 7) is 3.81. The number of anilines is 1. The summed E-state index contributed by atoms with van der Waals surface area (Å²) in [5.41, 5.74) is 1.86. The number of fused-ring (bicyclic) bond motifs is 1. The van der Waals surface area contributed by atoms with Crippen LogP contribution in [-0.2, 0) is 13.0 Å². The molecule has 110 valence electrons. The van der Waals surface area contributed by atoms with Gasteiger partial charge in [-0.1, -0.05) is 0 Å². The minimum atomic E-state index is -0.110. The Morgan fingerprint density at radius 1 is 1.52 bits per heavy atom. The van der Waals surface area contributed by atoms with Gasteiger partial charge in [-0.3, -0.25) is 0 Å². The SMILES string of the molecule is CCOc1ncccc1NC(=O)N1CCc2sccc2C1. The molecule has 21 heavy (non-hydrogen) atoms. The second-order valence-corrected chi connectivity index (χ2v) is 5.76. The Morgan fingerprint density at radius 2 is 2.43 bits per heavy atom. The average Bonchev–Trinajstić information content (AvgIpc) is 2.97. The zero-order valence-corrected chi connectivity index (χ0v) is 12.7. The summed E-state index contributed by atoms with van der Waals surface area (Å²) in [4.78, 5) is 19.7. The Kier molecular flexibility index (Phi) is 4.06. The van der Waals surface area contributed by atoms with Gasteiger partial charge >= 0.3 is 6.03 Å². The average molecular weight is 303 g/mol. The number of amides is 2. The Labute approximate surface area is 127 Å². The van der Waals surface area contributed by atoms with E-state index in [9.17, 15) is 4.79 Å². The maximum Gasteiger partial charge on any atom is 0.322 e. The predicted octanol–water partition coefficient (Wildman–Crippen LogP) is 3.13. The monoisotopic (exact) mass is 303 g/mol. The lowest BCUT2D eigenvalue weighted by molar-refractivity contribution is 0.206. The van der Waals surface area contributed by atoms with E-state index >= 15 is 0 Å². The third-order valence-electron chi connectivity index (χ3n) is 3.39. The predicted molar refractivity (Wildman–Crippen MR) is 82.9 cm³/mol. The van der Waals surface area contributed by atoms with Crippen molar-refractivity contribution in [1.82, 2.24) is 9.88 Å². The molecule has 1 aliphatic heterocycles. The normalized spacial score (nSPS) is 13.7. The van der Waals surface area contributed by atoms with Crippen LogP contribution in [0.15, 0.2) is 29.8 Å². The summed E-state index contributed by atoms with van der Waals surface area (Å²) < 4.78 is 5.43. The molecule has 0 saturated heterocycles. The number of pyridine rings is 1. The van der Waals surface area contributed by atoms with Crippen molar-refractivity contribution in [1.29, 1.82) is 0 Å². The van der Waals surface area contributed by atoms with Crippen LogP contribution in [0.25, 0.3) is 0 Å². The lowest BCUT2D eigenvalue weighted by Crippen LogP contribution is -2.38. The van der Waals surface area contributed by atoms with Gasteiger partial charge in [-0.2, -0.15) is 0 Å². The van der Waals surface area contributed by atoms with Gasteiger partial charge in [0.1, 0.15) is 5.69 Å². The number of ether oxygens (including phenoxy) is 1. The highest BCUT2D eigenvalue weighted by Gasteiger charge is 2.22. The lowest BCUT2D eigenvalue weighted by atomic mass is 10.1. The fourth-order valence-electron chi connectivity index (χ4n) is 2.35. The van der Waals surface area contributed by atoms with E-state index in [4.69, 9.17) is 4.74 Å². The molecule has 3 rings (SSSR count). The molecule has 0 bridgehead atoms. The van der Waals surface area contributed by atoms with Gasteiger partial charge in [0.05, 0.1) is 6.61 Å². The largest absolute Gasteiger partial charge is 0.476 e. The highest BCUT2D eigenvalue weighted by atomic mass is 32.1. The lowest BCUT2D eigenvalue weighted by Gasteiger charge is -2.27. The minimum absolute atomic E-state index is 0.110. The second kappa shape index (κ2) is 6.13. The summed E-state index contributed by atoms with van der Waals surface area (Å²) in [6.07, 6.45) is 2.57. The van der Waals surface area contributed by atoms with Crippen LogP contribution in [0.3, 0.4) is 0 Å². The van der Waals surface area contributed by atoms with Gasteiger partial charge in [-0.25, -0.2) is 9.78 Å². The number of nitrogens with zero attached hydrogens (tertiary/aromatic N) is 2. The van der Waals surface area contributed by atoms with Gasteiger partial charge in [-0.05, 0) is 42.5 Å². The molecule has 0 spiro atoms. The van der Waals surface area contributed by atoms with Crippen LogP contribution in [0.2, 0.25) is 0 Å². The molecule has 6 heteroatoms. The molecule has 0 saturated carbocycles. The number of hydrogen-bond donors (Lipinski definition) is 1. The van der Waals surface area contributed by atoms with Crippen LogP contribution in [0, 0.1) is 0 Å². The second-order valence-electron chi connectivity index (χ2n) is 4.76. The Hall–Kier alpha value is -2.08. The first-order chi connectivity index (χ1) is 10.3. The molecule has 2 amide bonds. The highest BCUT2D eigenvalue weighted by Crippen LogP contribution is 2.25. The maximum atomic E-state index is 12.4. The van der Waals surface area contributed by atoms with Gasteiger partial charge < -0.3 is 15.0 Å². The smallest absolute Gasteiger partial charge is 0.322 e. The van der Waals surface area contributed by atoms with Crippen molar-refractivity contribution in [2.24, 2.45) is 0 Å². The van der Waals surface area contributed by atoms with Crippen molar-refractivity contribution in [3.05, 3.63) is 40.2 Å². The summed E-state index contributed by atoms with van der Waals surface area (Å²) in [5.74, 6) is 0.460. The minimum Gasteiger partial charge on any atom is -0.476 e. The number of aromatic nitrogens is 1. The van der Waals surface area contributed by atoms with E-state index < -0.39 is 0 Å². The number of hydrogen-bond acceptors (Lipinski definition) is 4. The Morgan fingerprint density at radius 3 is 3.29 bits per heavy atom. The molecule has 3 heterocycles. The van der Waals surface area contributed by atoms with Crippen LogP contribution in [-0.4, -0.2) is 29.1 Å². The number of thiophene rings is 1. The number of nitrogens with one attached hydrogen (secondary N) is 1. The quantitative estimate of drug-likeness (QED) is 0.947. The molecule has 0 aromatic carbocycles. The van der Waals surface area contributed by atoms with Crippen molar-refractivity contribution in [2.45, 2.75) is 19.9 Å². The standard InChI is InChI=1S/C15H17N3O2S/c1-2-20-14-12(4-3-7-16-14)17-15(19)18-8-5-13-11(10-18)6-9-21-13/h3-4,6-7,9H,2,5,8,10H2,1H3,(H,17,19). The first-order valence-corrected chi connectivity index (χ1v) is 7.85. The van der Waals surface area contributed by atoms with Crippen LogP contribution >= 0.6 is 11.3 Å². The number of carbonyl (C=O) groups is 1. The van der Waals surface area contributed by atoms with E-state index in [0.29, 0.717) is 24.7 Å². The number of carbonyl (C=O) groups excluding carboxylic acids is 1. The topological polar surface area (TPSA) is 54.5 Å². The molecule has 0 aliphatic carbocycles. The number of urea groups is 1. The molecule has 0 unspecified atom stereocenters. The van der Waals surface area contributed by atoms with Crippen molar-refractivity contribution in [3.8, 4) is 5.88 Å². The fourth-order valence-corrected chi connectivity index (χ4v) is 3.24. The van der Waals surface area contributed by atoms with E-state index in [-0.39, 0.29) is 6.03 Å². The van der Waals surface area contributed by atoms with Gasteiger partial charge in [-0.15, -0.1) is 11.3 Å². The Bertz CT molecular complexity index is 641. The molecule has 1 aliphatic rings. The molecular weight excluding hydrogens is 286 g/mol. The third kappa shape index (κ3) is 3.00. The van der Waals surface area contributed by atoms with Crippen molar-refractivity contribution in [2.75, 3.05) is 18.5 Å². The van der Waals surface area contributed by atoms with E-state index in [0.717, 1.165) is 13.0 Å². The summed E-state index contributed by atoms with van der Waals surface area (Å²) in [6, 6.07) is 5.57. The van der Waals surface area contributed by atoms with E-state index in [1.54, 1.807) is 29.7 Å². The molecule has 1 N–H and O–H groups in total. The van der Waals surface area contributed by atoms with Crippen LogP contribution in [0.5, 0.6) is 5.88 Å². The van der Waals surface area contributed by atoms with Gasteiger partial charge in [0, 0.05) is 24.2 Å². The summed E-state index contributed by atoms with van der Waals surface area (Å²) in [5, 5.41) is 4.97. The van der Waals surface area contributed by atoms with E-state index in [2.05, 4.69) is 21.7 Å². The maximum absolute atomic E-state index is 12.4. The summed E-state index contributed by atoms with van der Waals surface area (Å²) in [7, 11) is 0. The van der Waals surface area contributed by atoms with Crippen LogP contribution in [0.1, 0.15) is 17.4 Å². The highest BCUT2D eigenvalue weighted by molar-refractivity contribution is 7.10. The fraction of sp³-hybridized carbons (Fsp3) is 0.333. The molecule has 2 aromatic heterocycles. The zero-order valence-electron chi connectivity index (χ0n) is 11.8. The molecule has 0 atom stereocenters. The summed E-state index contributed by atoms with van der Waals surface area (Å²) >= 11 is 1.76. The Balaban J connectivity index is 1.70. The van der Waals surface area contributed by atoms with E-state index in [1.807, 2.05) is 11.8 Å². The van der Waals surface area contributed by atoms with Gasteiger partial charge in [0.15, 0.2) is 0 Å². The van der Waals surface area contributed by atoms with Crippen LogP contribution < -0.4 is 10.1 Å². The third-order valence-corrected chi connectivity index (χ3v) is 4.41. The molecule has 5 nitrogen and oxygen atoms in total.